The van der Waals surface area contributed by atoms with Crippen molar-refractivity contribution in [3.8, 4) is 0 Å². The summed E-state index contributed by atoms with van der Waals surface area (Å²) in [5.74, 6) is -0.739. The van der Waals surface area contributed by atoms with Crippen LogP contribution in [0, 0.1) is 5.92 Å². The van der Waals surface area contributed by atoms with Crippen LogP contribution in [-0.2, 0) is 9.53 Å². The molecule has 5 nitrogen and oxygen atoms in total. The summed E-state index contributed by atoms with van der Waals surface area (Å²) in [6.45, 7) is 12.1. The molecular formula is C24H40O5. The van der Waals surface area contributed by atoms with Crippen molar-refractivity contribution in [3.05, 3.63) is 35.5 Å². The summed E-state index contributed by atoms with van der Waals surface area (Å²) in [6, 6.07) is 0. The Hall–Kier alpha value is -1.43. The van der Waals surface area contributed by atoms with Crippen molar-refractivity contribution in [1.29, 1.82) is 0 Å². The van der Waals surface area contributed by atoms with Crippen molar-refractivity contribution in [3.63, 3.8) is 0 Å². The van der Waals surface area contributed by atoms with E-state index < -0.39 is 23.8 Å². The molecule has 1 saturated heterocycles. The normalized spacial score (nSPS) is 23.2. The van der Waals surface area contributed by atoms with Gasteiger partial charge in [-0.15, -0.1) is 0 Å². The number of ether oxygens (including phenoxy) is 1. The molecule has 0 aromatic heterocycles. The van der Waals surface area contributed by atoms with Gasteiger partial charge >= 0.3 is 5.97 Å². The molecule has 0 radical (unpaired) electrons. The molecule has 4 atom stereocenters. The third-order valence-corrected chi connectivity index (χ3v) is 5.83. The first kappa shape index (κ1) is 25.6. The molecule has 0 spiro atoms. The number of aliphatic carboxylic acids is 1. The van der Waals surface area contributed by atoms with Gasteiger partial charge in [0.05, 0.1) is 30.0 Å². The molecule has 0 amide bonds. The highest BCUT2D eigenvalue weighted by Gasteiger charge is 2.31. The Bertz CT molecular complexity index is 590. The number of carboxylic acids is 1. The van der Waals surface area contributed by atoms with E-state index in [1.165, 1.54) is 11.1 Å². The molecule has 1 aliphatic rings. The number of hydrogen-bond acceptors (Lipinski definition) is 4. The number of hydrogen-bond donors (Lipinski definition) is 3. The SMILES string of the molecule is C=C(C(=O)O)C1CC[C@H](CCC(O)C(C)(O)CC/C=C(\C)CCC=C(C)C)CO1. The van der Waals surface area contributed by atoms with E-state index in [0.29, 0.717) is 25.9 Å². The highest BCUT2D eigenvalue weighted by molar-refractivity contribution is 5.86. The van der Waals surface area contributed by atoms with Crippen molar-refractivity contribution >= 4 is 5.97 Å². The van der Waals surface area contributed by atoms with Crippen LogP contribution in [0.4, 0.5) is 0 Å². The van der Waals surface area contributed by atoms with E-state index in [-0.39, 0.29) is 11.5 Å². The Morgan fingerprint density at radius 3 is 2.48 bits per heavy atom. The van der Waals surface area contributed by atoms with Gasteiger partial charge in [-0.2, -0.15) is 0 Å². The average molecular weight is 409 g/mol. The fourth-order valence-electron chi connectivity index (χ4n) is 3.62. The van der Waals surface area contributed by atoms with Gasteiger partial charge in [-0.1, -0.05) is 29.9 Å². The van der Waals surface area contributed by atoms with Crippen molar-refractivity contribution in [2.24, 2.45) is 5.92 Å². The van der Waals surface area contributed by atoms with Crippen LogP contribution < -0.4 is 0 Å². The van der Waals surface area contributed by atoms with Crippen molar-refractivity contribution in [2.45, 2.75) is 96.9 Å². The highest BCUT2D eigenvalue weighted by Crippen LogP contribution is 2.29. The van der Waals surface area contributed by atoms with Gasteiger partial charge in [-0.05, 0) is 85.0 Å². The Morgan fingerprint density at radius 2 is 1.93 bits per heavy atom. The van der Waals surface area contributed by atoms with Gasteiger partial charge in [0.15, 0.2) is 0 Å². The van der Waals surface area contributed by atoms with Crippen LogP contribution in [0.1, 0.15) is 79.1 Å². The van der Waals surface area contributed by atoms with Gasteiger partial charge in [0.1, 0.15) is 0 Å². The second-order valence-corrected chi connectivity index (χ2v) is 8.96. The van der Waals surface area contributed by atoms with Crippen LogP contribution in [0.15, 0.2) is 35.5 Å². The van der Waals surface area contributed by atoms with Crippen LogP contribution in [0.25, 0.3) is 0 Å². The monoisotopic (exact) mass is 408 g/mol. The molecule has 1 aliphatic heterocycles. The number of aliphatic hydroxyl groups is 2. The first-order valence-corrected chi connectivity index (χ1v) is 10.8. The van der Waals surface area contributed by atoms with E-state index in [1.54, 1.807) is 6.92 Å². The second-order valence-electron chi connectivity index (χ2n) is 8.96. The third kappa shape index (κ3) is 9.75. The zero-order valence-electron chi connectivity index (χ0n) is 18.6. The molecule has 3 unspecified atom stereocenters. The summed E-state index contributed by atoms with van der Waals surface area (Å²) < 4.78 is 5.63. The standard InChI is InChI=1S/C24H40O5/c1-17(2)8-6-9-18(3)10-7-15-24(5,28)22(25)14-12-20-11-13-21(29-16-20)19(4)23(26)27/h8,10,20-22,25,28H,4,6-7,9,11-16H2,1-3,5H3,(H,26,27)/b18-10+/t20-,21?,22?,24?/m1/s1. The lowest BCUT2D eigenvalue weighted by Crippen LogP contribution is -2.39. The molecule has 0 bridgehead atoms. The molecule has 1 rings (SSSR count). The van der Waals surface area contributed by atoms with Gasteiger partial charge in [0, 0.05) is 0 Å². The quantitative estimate of drug-likeness (QED) is 0.319. The summed E-state index contributed by atoms with van der Waals surface area (Å²) >= 11 is 0. The molecule has 29 heavy (non-hydrogen) atoms. The molecule has 5 heteroatoms. The maximum absolute atomic E-state index is 11.0. The number of carboxylic acid groups (broad SMARTS) is 1. The van der Waals surface area contributed by atoms with Gasteiger partial charge in [-0.3, -0.25) is 0 Å². The van der Waals surface area contributed by atoms with Crippen molar-refractivity contribution < 1.29 is 24.9 Å². The van der Waals surface area contributed by atoms with Crippen molar-refractivity contribution in [2.75, 3.05) is 6.61 Å². The maximum atomic E-state index is 11.0. The Labute approximate surface area is 176 Å². The van der Waals surface area contributed by atoms with E-state index in [4.69, 9.17) is 9.84 Å². The summed E-state index contributed by atoms with van der Waals surface area (Å²) in [5.41, 5.74) is 1.63. The van der Waals surface area contributed by atoms with Crippen LogP contribution in [0.5, 0.6) is 0 Å². The maximum Gasteiger partial charge on any atom is 0.333 e. The molecule has 166 valence electrons. The Kier molecular flexibility index (Phi) is 10.9. The van der Waals surface area contributed by atoms with E-state index in [9.17, 15) is 15.0 Å². The topological polar surface area (TPSA) is 87.0 Å². The Balaban J connectivity index is 2.34. The molecule has 0 saturated carbocycles. The number of rotatable bonds is 12. The lowest BCUT2D eigenvalue weighted by atomic mass is 9.85. The zero-order chi connectivity index (χ0) is 22.0. The number of carbonyl (C=O) groups is 1. The minimum absolute atomic E-state index is 0.107. The van der Waals surface area contributed by atoms with Crippen LogP contribution >= 0.6 is 0 Å². The average Bonchev–Trinajstić information content (AvgIpc) is 2.65. The molecule has 0 aliphatic carbocycles. The minimum Gasteiger partial charge on any atom is -0.478 e. The smallest absolute Gasteiger partial charge is 0.333 e. The van der Waals surface area contributed by atoms with Crippen molar-refractivity contribution in [1.82, 2.24) is 0 Å². The molecule has 3 N–H and O–H groups in total. The second kappa shape index (κ2) is 12.3. The molecule has 1 fully saturated rings. The first-order valence-electron chi connectivity index (χ1n) is 10.8. The predicted molar refractivity (Wildman–Crippen MR) is 117 cm³/mol. The first-order chi connectivity index (χ1) is 13.5. The highest BCUT2D eigenvalue weighted by atomic mass is 16.5. The lowest BCUT2D eigenvalue weighted by Gasteiger charge is -2.32. The fraction of sp³-hybridized carbons (Fsp3) is 0.708. The van der Waals surface area contributed by atoms with Gasteiger partial charge in [0.25, 0.3) is 0 Å². The summed E-state index contributed by atoms with van der Waals surface area (Å²) in [5, 5.41) is 30.1. The molecule has 0 aromatic rings. The largest absolute Gasteiger partial charge is 0.478 e. The van der Waals surface area contributed by atoms with Crippen LogP contribution in [-0.4, -0.2) is 45.7 Å². The fourth-order valence-corrected chi connectivity index (χ4v) is 3.62. The summed E-state index contributed by atoms with van der Waals surface area (Å²) in [4.78, 5) is 11.0. The van der Waals surface area contributed by atoms with Gasteiger partial charge < -0.3 is 20.1 Å². The minimum atomic E-state index is -1.12. The van der Waals surface area contributed by atoms with E-state index in [1.807, 2.05) is 0 Å². The molecule has 0 aromatic carbocycles. The van der Waals surface area contributed by atoms with E-state index in [0.717, 1.165) is 32.1 Å². The van der Waals surface area contributed by atoms with E-state index >= 15 is 0 Å². The Morgan fingerprint density at radius 1 is 1.24 bits per heavy atom. The lowest BCUT2D eigenvalue weighted by molar-refractivity contribution is -0.135. The van der Waals surface area contributed by atoms with Gasteiger partial charge in [0.2, 0.25) is 0 Å². The van der Waals surface area contributed by atoms with Crippen LogP contribution in [0.3, 0.4) is 0 Å². The zero-order valence-corrected chi connectivity index (χ0v) is 18.6. The van der Waals surface area contributed by atoms with Crippen LogP contribution in [0.2, 0.25) is 0 Å². The summed E-state index contributed by atoms with van der Waals surface area (Å²) in [7, 11) is 0. The van der Waals surface area contributed by atoms with Gasteiger partial charge in [-0.25, -0.2) is 4.79 Å². The molecular weight excluding hydrogens is 368 g/mol. The predicted octanol–water partition coefficient (Wildman–Crippen LogP) is 4.79. The number of allylic oxidation sites excluding steroid dienone is 4. The summed E-state index contributed by atoms with van der Waals surface area (Å²) in [6.07, 6.45) is 9.26. The third-order valence-electron chi connectivity index (χ3n) is 5.83. The molecule has 1 heterocycles. The van der Waals surface area contributed by atoms with E-state index in [2.05, 4.69) is 39.5 Å². The number of aliphatic hydroxyl groups excluding tert-OH is 1.